The number of anilines is 2. The van der Waals surface area contributed by atoms with E-state index in [4.69, 9.17) is 0 Å². The zero-order valence-electron chi connectivity index (χ0n) is 23.5. The lowest BCUT2D eigenvalue weighted by molar-refractivity contribution is -0.0221. The number of nitrogens with one attached hydrogen (secondary N) is 1. The highest BCUT2D eigenvalue weighted by molar-refractivity contribution is 5.92. The Morgan fingerprint density at radius 2 is 1.79 bits per heavy atom. The maximum atomic E-state index is 15.5. The van der Waals surface area contributed by atoms with E-state index in [2.05, 4.69) is 39.0 Å². The topological polar surface area (TPSA) is 69.5 Å². The molecule has 0 saturated carbocycles. The Morgan fingerprint density at radius 1 is 1.10 bits per heavy atom. The number of benzene rings is 1. The van der Waals surface area contributed by atoms with Crippen molar-refractivity contribution >= 4 is 22.4 Å². The molecule has 1 N–H and O–H groups in total. The number of piperazine rings is 1. The van der Waals surface area contributed by atoms with Gasteiger partial charge in [0.2, 0.25) is 0 Å². The fraction of sp³-hybridized carbons (Fsp3) is 0.536. The highest BCUT2D eigenvalue weighted by atomic mass is 19.3. The van der Waals surface area contributed by atoms with Crippen molar-refractivity contribution in [3.8, 4) is 0 Å². The second kappa shape index (κ2) is 11.5. The Morgan fingerprint density at radius 3 is 2.44 bits per heavy atom. The average molecular weight is 546 g/mol. The van der Waals surface area contributed by atoms with Crippen LogP contribution < -0.4 is 15.8 Å². The largest absolute Gasteiger partial charge is 0.361 e. The minimum atomic E-state index is -3.31. The molecule has 212 valence electrons. The van der Waals surface area contributed by atoms with Crippen LogP contribution >= 0.6 is 0 Å². The summed E-state index contributed by atoms with van der Waals surface area (Å²) >= 11 is 0. The highest BCUT2D eigenvalue weighted by Gasteiger charge is 2.35. The van der Waals surface area contributed by atoms with Crippen molar-refractivity contribution in [3.05, 3.63) is 57.8 Å². The monoisotopic (exact) mass is 545 g/mol. The van der Waals surface area contributed by atoms with E-state index in [1.165, 1.54) is 23.9 Å². The van der Waals surface area contributed by atoms with Crippen molar-refractivity contribution < 1.29 is 13.2 Å². The first-order valence-corrected chi connectivity index (χ1v) is 13.3. The number of alkyl halides is 2. The Kier molecular flexibility index (Phi) is 8.51. The van der Waals surface area contributed by atoms with Crippen LogP contribution in [-0.4, -0.2) is 77.4 Å². The van der Waals surface area contributed by atoms with Gasteiger partial charge in [-0.15, -0.1) is 0 Å². The lowest BCUT2D eigenvalue weighted by atomic mass is 9.98. The second-order valence-corrected chi connectivity index (χ2v) is 10.8. The quantitative estimate of drug-likeness (QED) is 0.432. The maximum Gasteiger partial charge on any atom is 0.277 e. The van der Waals surface area contributed by atoms with E-state index in [1.807, 2.05) is 6.07 Å². The van der Waals surface area contributed by atoms with Crippen molar-refractivity contribution in [3.63, 3.8) is 0 Å². The maximum absolute atomic E-state index is 15.5. The van der Waals surface area contributed by atoms with Crippen LogP contribution in [0.5, 0.6) is 0 Å². The van der Waals surface area contributed by atoms with Crippen LogP contribution in [0.2, 0.25) is 0 Å². The molecule has 4 rings (SSSR count). The van der Waals surface area contributed by atoms with E-state index in [1.54, 1.807) is 32.1 Å². The van der Waals surface area contributed by atoms with Crippen LogP contribution in [-0.2, 0) is 13.0 Å². The molecule has 39 heavy (non-hydrogen) atoms. The molecule has 0 amide bonds. The zero-order chi connectivity index (χ0) is 28.5. The summed E-state index contributed by atoms with van der Waals surface area (Å²) in [7, 11) is 4.93. The third-order valence-corrected chi connectivity index (χ3v) is 7.40. The molecule has 11 heteroatoms. The van der Waals surface area contributed by atoms with E-state index in [9.17, 15) is 13.6 Å². The summed E-state index contributed by atoms with van der Waals surface area (Å²) in [5.41, 5.74) is -0.832. The fourth-order valence-electron chi connectivity index (χ4n) is 4.93. The number of halogens is 3. The number of pyridine rings is 1. The molecule has 0 radical (unpaired) electrons. The van der Waals surface area contributed by atoms with Gasteiger partial charge < -0.3 is 15.1 Å². The molecule has 1 aliphatic rings. The Labute approximate surface area is 227 Å². The molecule has 1 saturated heterocycles. The number of aromatic nitrogens is 3. The highest BCUT2D eigenvalue weighted by Crippen LogP contribution is 2.36. The van der Waals surface area contributed by atoms with Gasteiger partial charge in [0, 0.05) is 69.4 Å². The van der Waals surface area contributed by atoms with E-state index in [0.717, 1.165) is 38.1 Å². The first-order chi connectivity index (χ1) is 18.4. The smallest absolute Gasteiger partial charge is 0.277 e. The molecule has 3 heterocycles. The number of fused-ring (bicyclic) bond motifs is 1. The predicted octanol–water partition coefficient (Wildman–Crippen LogP) is 4.21. The standard InChI is InChI=1S/C28H38F3N7O/c1-18(2)37-12-14-38(15-13-37)24-16-21-22(17-32-24)27(39)36(6)34-26(21)33-19(3)20-8-7-9-23(25(20)29)28(30,31)10-11-35(4)5/h7-9,16-19H,10-15H2,1-6H3,(H,33,34)/t19-/m1/s1. The minimum Gasteiger partial charge on any atom is -0.361 e. The summed E-state index contributed by atoms with van der Waals surface area (Å²) in [6, 6.07) is 5.66. The molecule has 0 spiro atoms. The number of hydrogen-bond acceptors (Lipinski definition) is 7. The van der Waals surface area contributed by atoms with Crippen LogP contribution in [0.4, 0.5) is 24.8 Å². The van der Waals surface area contributed by atoms with Crippen LogP contribution in [0.1, 0.15) is 44.4 Å². The van der Waals surface area contributed by atoms with Crippen LogP contribution in [0, 0.1) is 5.82 Å². The van der Waals surface area contributed by atoms with Gasteiger partial charge in [0.15, 0.2) is 5.82 Å². The number of aryl methyl sites for hydroxylation is 1. The number of rotatable bonds is 9. The number of nitrogens with zero attached hydrogens (tertiary/aromatic N) is 6. The van der Waals surface area contributed by atoms with E-state index < -0.39 is 29.8 Å². The van der Waals surface area contributed by atoms with Crippen LogP contribution in [0.15, 0.2) is 35.3 Å². The summed E-state index contributed by atoms with van der Waals surface area (Å²) in [5.74, 6) is -3.18. The van der Waals surface area contributed by atoms with Gasteiger partial charge in [-0.2, -0.15) is 5.10 Å². The molecule has 1 aliphatic heterocycles. The van der Waals surface area contributed by atoms with Crippen molar-refractivity contribution in [2.75, 3.05) is 57.0 Å². The molecule has 0 bridgehead atoms. The van der Waals surface area contributed by atoms with Crippen molar-refractivity contribution in [2.45, 2.75) is 45.2 Å². The third-order valence-electron chi connectivity index (χ3n) is 7.40. The lowest BCUT2D eigenvalue weighted by Crippen LogP contribution is -2.49. The predicted molar refractivity (Wildman–Crippen MR) is 149 cm³/mol. The molecule has 1 aromatic carbocycles. The molecule has 3 aromatic rings. The van der Waals surface area contributed by atoms with Crippen molar-refractivity contribution in [1.29, 1.82) is 0 Å². The second-order valence-electron chi connectivity index (χ2n) is 10.8. The molecule has 1 fully saturated rings. The molecule has 0 unspecified atom stereocenters. The van der Waals surface area contributed by atoms with Gasteiger partial charge >= 0.3 is 0 Å². The molecular formula is C28H38F3N7O. The van der Waals surface area contributed by atoms with Gasteiger partial charge in [-0.25, -0.2) is 22.8 Å². The van der Waals surface area contributed by atoms with Gasteiger partial charge in [-0.05, 0) is 40.9 Å². The third kappa shape index (κ3) is 6.19. The Hall–Kier alpha value is -3.18. The van der Waals surface area contributed by atoms with Crippen molar-refractivity contribution in [1.82, 2.24) is 24.6 Å². The zero-order valence-corrected chi connectivity index (χ0v) is 23.5. The summed E-state index contributed by atoms with van der Waals surface area (Å²) in [5, 5.41) is 8.49. The first-order valence-electron chi connectivity index (χ1n) is 13.3. The van der Waals surface area contributed by atoms with Gasteiger partial charge in [0.25, 0.3) is 11.5 Å². The van der Waals surface area contributed by atoms with Gasteiger partial charge in [-0.3, -0.25) is 9.69 Å². The van der Waals surface area contributed by atoms with Crippen LogP contribution in [0.3, 0.4) is 0 Å². The van der Waals surface area contributed by atoms with Crippen LogP contribution in [0.25, 0.3) is 10.8 Å². The molecule has 1 atom stereocenters. The Bertz CT molecular complexity index is 1370. The Balaban J connectivity index is 1.65. The first kappa shape index (κ1) is 28.8. The molecular weight excluding hydrogens is 507 g/mol. The molecule has 2 aromatic heterocycles. The normalized spacial score (nSPS) is 15.9. The van der Waals surface area contributed by atoms with E-state index >= 15 is 4.39 Å². The summed E-state index contributed by atoms with van der Waals surface area (Å²) < 4.78 is 46.4. The fourth-order valence-corrected chi connectivity index (χ4v) is 4.93. The average Bonchev–Trinajstić information content (AvgIpc) is 2.90. The summed E-state index contributed by atoms with van der Waals surface area (Å²) in [6.07, 6.45) is 1.06. The SMILES string of the molecule is CC(C)N1CCN(c2cc3c(N[C@H](C)c4cccc(C(F)(F)CCN(C)C)c4F)nn(C)c(=O)c3cn2)CC1. The minimum absolute atomic E-state index is 0.0971. The summed E-state index contributed by atoms with van der Waals surface area (Å²) in [6.45, 7) is 9.57. The van der Waals surface area contributed by atoms with Gasteiger partial charge in [-0.1, -0.05) is 18.2 Å². The van der Waals surface area contributed by atoms with Gasteiger partial charge in [0.05, 0.1) is 17.0 Å². The van der Waals surface area contributed by atoms with E-state index in [0.29, 0.717) is 22.6 Å². The van der Waals surface area contributed by atoms with Gasteiger partial charge in [0.1, 0.15) is 11.6 Å². The summed E-state index contributed by atoms with van der Waals surface area (Å²) in [4.78, 5) is 23.6. The van der Waals surface area contributed by atoms with Crippen molar-refractivity contribution in [2.24, 2.45) is 7.05 Å². The number of hydrogen-bond donors (Lipinski definition) is 1. The molecule has 0 aliphatic carbocycles. The van der Waals surface area contributed by atoms with E-state index in [-0.39, 0.29) is 17.7 Å². The molecule has 8 nitrogen and oxygen atoms in total. The lowest BCUT2D eigenvalue weighted by Gasteiger charge is -2.37.